The van der Waals surface area contributed by atoms with Gasteiger partial charge in [-0.05, 0) is 37.0 Å². The summed E-state index contributed by atoms with van der Waals surface area (Å²) in [6.07, 6.45) is 3.39. The first-order valence-corrected chi connectivity index (χ1v) is 5.76. The second-order valence-corrected chi connectivity index (χ2v) is 5.54. The van der Waals surface area contributed by atoms with Crippen molar-refractivity contribution in [2.45, 2.75) is 46.0 Å². The van der Waals surface area contributed by atoms with Crippen molar-refractivity contribution in [1.82, 2.24) is 0 Å². The lowest BCUT2D eigenvalue weighted by Gasteiger charge is -2.36. The lowest BCUT2D eigenvalue weighted by molar-refractivity contribution is -0.151. The van der Waals surface area contributed by atoms with Crippen LogP contribution in [0.2, 0.25) is 0 Å². The monoisotopic (exact) mass is 228 g/mol. The average Bonchev–Trinajstić information content (AvgIpc) is 2.14. The van der Waals surface area contributed by atoms with Gasteiger partial charge in [0.15, 0.2) is 0 Å². The first kappa shape index (κ1) is 13.0. The molecular formula is C12H20O4. The molecule has 1 aliphatic carbocycles. The van der Waals surface area contributed by atoms with Crippen LogP contribution < -0.4 is 0 Å². The number of hydrogen-bond donors (Lipinski definition) is 2. The number of rotatable bonds is 4. The number of hydrogen-bond acceptors (Lipinski definition) is 2. The second kappa shape index (κ2) is 4.85. The van der Waals surface area contributed by atoms with Crippen LogP contribution in [0.25, 0.3) is 0 Å². The molecule has 4 nitrogen and oxygen atoms in total. The molecule has 1 atom stereocenters. The molecule has 0 aliphatic heterocycles. The molecule has 0 saturated heterocycles. The van der Waals surface area contributed by atoms with Gasteiger partial charge in [0.1, 0.15) is 0 Å². The quantitative estimate of drug-likeness (QED) is 0.774. The molecule has 0 amide bonds. The van der Waals surface area contributed by atoms with E-state index < -0.39 is 17.9 Å². The molecule has 0 aromatic carbocycles. The van der Waals surface area contributed by atoms with Gasteiger partial charge in [-0.1, -0.05) is 13.8 Å². The Labute approximate surface area is 95.7 Å². The maximum atomic E-state index is 11.0. The van der Waals surface area contributed by atoms with Crippen LogP contribution in [0.3, 0.4) is 0 Å². The van der Waals surface area contributed by atoms with Crippen LogP contribution in [0, 0.1) is 17.3 Å². The Hall–Kier alpha value is -1.06. The molecule has 1 fully saturated rings. The molecule has 1 saturated carbocycles. The van der Waals surface area contributed by atoms with E-state index in [1.807, 2.05) is 0 Å². The molecule has 0 aromatic heterocycles. The van der Waals surface area contributed by atoms with E-state index in [-0.39, 0.29) is 17.8 Å². The molecular weight excluding hydrogens is 208 g/mol. The molecule has 4 heteroatoms. The number of aliphatic carboxylic acids is 2. The van der Waals surface area contributed by atoms with Crippen LogP contribution in [0.15, 0.2) is 0 Å². The van der Waals surface area contributed by atoms with E-state index in [1.54, 1.807) is 0 Å². The Morgan fingerprint density at radius 1 is 1.25 bits per heavy atom. The van der Waals surface area contributed by atoms with Crippen LogP contribution in [0.4, 0.5) is 0 Å². The summed E-state index contributed by atoms with van der Waals surface area (Å²) in [5.74, 6) is -2.67. The van der Waals surface area contributed by atoms with Gasteiger partial charge >= 0.3 is 11.9 Å². The standard InChI is InChI=1S/C12H20O4/c1-12(2)5-3-8(4-6-12)9(11(15)16)7-10(13)14/h8-9H,3-7H2,1-2H3,(H,13,14)(H,15,16). The van der Waals surface area contributed by atoms with Gasteiger partial charge in [0.05, 0.1) is 12.3 Å². The van der Waals surface area contributed by atoms with Crippen molar-refractivity contribution in [3.05, 3.63) is 0 Å². The zero-order valence-electron chi connectivity index (χ0n) is 9.90. The van der Waals surface area contributed by atoms with E-state index in [1.165, 1.54) is 0 Å². The summed E-state index contributed by atoms with van der Waals surface area (Å²) in [7, 11) is 0. The van der Waals surface area contributed by atoms with Crippen molar-refractivity contribution >= 4 is 11.9 Å². The van der Waals surface area contributed by atoms with Crippen molar-refractivity contribution in [1.29, 1.82) is 0 Å². The minimum atomic E-state index is -1.02. The van der Waals surface area contributed by atoms with Gasteiger partial charge in [0.2, 0.25) is 0 Å². The minimum Gasteiger partial charge on any atom is -0.481 e. The van der Waals surface area contributed by atoms with Crippen LogP contribution in [-0.2, 0) is 9.59 Å². The second-order valence-electron chi connectivity index (χ2n) is 5.54. The van der Waals surface area contributed by atoms with Gasteiger partial charge in [0.25, 0.3) is 0 Å². The van der Waals surface area contributed by atoms with Crippen LogP contribution in [-0.4, -0.2) is 22.2 Å². The fourth-order valence-corrected chi connectivity index (χ4v) is 2.47. The van der Waals surface area contributed by atoms with Gasteiger partial charge in [-0.15, -0.1) is 0 Å². The minimum absolute atomic E-state index is 0.0293. The molecule has 0 spiro atoms. The largest absolute Gasteiger partial charge is 0.481 e. The smallest absolute Gasteiger partial charge is 0.307 e. The molecule has 1 rings (SSSR count). The van der Waals surface area contributed by atoms with Crippen LogP contribution in [0.1, 0.15) is 46.0 Å². The van der Waals surface area contributed by atoms with E-state index in [9.17, 15) is 9.59 Å². The zero-order valence-corrected chi connectivity index (χ0v) is 9.90. The van der Waals surface area contributed by atoms with Crippen molar-refractivity contribution in [2.24, 2.45) is 17.3 Å². The maximum absolute atomic E-state index is 11.0. The fourth-order valence-electron chi connectivity index (χ4n) is 2.47. The van der Waals surface area contributed by atoms with Crippen molar-refractivity contribution in [3.63, 3.8) is 0 Å². The van der Waals surface area contributed by atoms with Gasteiger partial charge in [-0.25, -0.2) is 0 Å². The fraction of sp³-hybridized carbons (Fsp3) is 0.833. The predicted molar refractivity (Wildman–Crippen MR) is 59.1 cm³/mol. The van der Waals surface area contributed by atoms with Crippen molar-refractivity contribution in [2.75, 3.05) is 0 Å². The molecule has 1 aliphatic rings. The van der Waals surface area contributed by atoms with E-state index in [0.29, 0.717) is 0 Å². The molecule has 2 N–H and O–H groups in total. The maximum Gasteiger partial charge on any atom is 0.307 e. The van der Waals surface area contributed by atoms with E-state index in [2.05, 4.69) is 13.8 Å². The predicted octanol–water partition coefficient (Wildman–Crippen LogP) is 2.38. The van der Waals surface area contributed by atoms with Crippen LogP contribution >= 0.6 is 0 Å². The van der Waals surface area contributed by atoms with E-state index in [0.717, 1.165) is 25.7 Å². The number of carboxylic acids is 2. The van der Waals surface area contributed by atoms with Gasteiger partial charge in [-0.3, -0.25) is 9.59 Å². The molecule has 0 bridgehead atoms. The Bertz CT molecular complexity index is 273. The summed E-state index contributed by atoms with van der Waals surface area (Å²) >= 11 is 0. The van der Waals surface area contributed by atoms with E-state index in [4.69, 9.17) is 10.2 Å². The summed E-state index contributed by atoms with van der Waals surface area (Å²) in [4.78, 5) is 21.7. The summed E-state index contributed by atoms with van der Waals surface area (Å²) < 4.78 is 0. The highest BCUT2D eigenvalue weighted by atomic mass is 16.4. The molecule has 1 unspecified atom stereocenters. The van der Waals surface area contributed by atoms with Gasteiger partial charge in [0, 0.05) is 0 Å². The molecule has 92 valence electrons. The Morgan fingerprint density at radius 2 is 1.75 bits per heavy atom. The Kier molecular flexibility index (Phi) is 3.94. The van der Waals surface area contributed by atoms with Gasteiger partial charge in [-0.2, -0.15) is 0 Å². The molecule has 0 aromatic rings. The molecule has 16 heavy (non-hydrogen) atoms. The number of carboxylic acid groups (broad SMARTS) is 2. The highest BCUT2D eigenvalue weighted by Crippen LogP contribution is 2.41. The Balaban J connectivity index is 2.60. The highest BCUT2D eigenvalue weighted by molar-refractivity contribution is 5.78. The van der Waals surface area contributed by atoms with Crippen LogP contribution in [0.5, 0.6) is 0 Å². The van der Waals surface area contributed by atoms with Crippen molar-refractivity contribution < 1.29 is 19.8 Å². The molecule has 0 heterocycles. The number of carbonyl (C=O) groups is 2. The summed E-state index contributed by atoms with van der Waals surface area (Å²) in [5.41, 5.74) is 0.281. The average molecular weight is 228 g/mol. The summed E-state index contributed by atoms with van der Waals surface area (Å²) in [6.45, 7) is 4.35. The first-order chi connectivity index (χ1) is 7.32. The zero-order chi connectivity index (χ0) is 12.3. The topological polar surface area (TPSA) is 74.6 Å². The Morgan fingerprint density at radius 3 is 2.12 bits per heavy atom. The third kappa shape index (κ3) is 3.51. The third-order valence-corrected chi connectivity index (χ3v) is 3.66. The summed E-state index contributed by atoms with van der Waals surface area (Å²) in [6, 6.07) is 0. The van der Waals surface area contributed by atoms with Gasteiger partial charge < -0.3 is 10.2 Å². The molecule has 0 radical (unpaired) electrons. The SMILES string of the molecule is CC1(C)CCC(C(CC(=O)O)C(=O)O)CC1. The lowest BCUT2D eigenvalue weighted by atomic mass is 9.69. The lowest BCUT2D eigenvalue weighted by Crippen LogP contribution is -2.31. The van der Waals surface area contributed by atoms with Crippen molar-refractivity contribution in [3.8, 4) is 0 Å². The summed E-state index contributed by atoms with van der Waals surface area (Å²) in [5, 5.41) is 17.7. The third-order valence-electron chi connectivity index (χ3n) is 3.66. The van der Waals surface area contributed by atoms with E-state index >= 15 is 0 Å². The highest BCUT2D eigenvalue weighted by Gasteiger charge is 2.35. The normalized spacial score (nSPS) is 22.6. The first-order valence-electron chi connectivity index (χ1n) is 5.76.